The molecule has 2 N–H and O–H groups in total. The molecule has 170 valence electrons. The van der Waals surface area contributed by atoms with Crippen LogP contribution in [0.25, 0.3) is 11.0 Å². The van der Waals surface area contributed by atoms with Crippen molar-refractivity contribution in [3.63, 3.8) is 0 Å². The summed E-state index contributed by atoms with van der Waals surface area (Å²) in [5.74, 6) is -0.0438. The van der Waals surface area contributed by atoms with Gasteiger partial charge in [0.15, 0.2) is 0 Å². The van der Waals surface area contributed by atoms with Crippen molar-refractivity contribution in [2.24, 2.45) is 0 Å². The second-order valence-corrected chi connectivity index (χ2v) is 9.38. The quantitative estimate of drug-likeness (QED) is 0.627. The third kappa shape index (κ3) is 3.26. The van der Waals surface area contributed by atoms with Crippen molar-refractivity contribution in [2.75, 3.05) is 25.0 Å². The molecule has 2 saturated heterocycles. The standard InChI is InChI=1S/C24H26N6O3/c1-16(30-20-9-5-4-8-19(20)27-28-30)22(32)29-12-10-23(11-13-29)14-24(15-33-23)25-18-7-3-2-6-17(18)21(31)26-24/h2-9,16,25H,10-15H2,1H3,(H,26,31). The maximum Gasteiger partial charge on any atom is 0.255 e. The minimum absolute atomic E-state index is 0.0336. The molecule has 3 aliphatic rings. The molecule has 3 aliphatic heterocycles. The van der Waals surface area contributed by atoms with Crippen LogP contribution >= 0.6 is 0 Å². The summed E-state index contributed by atoms with van der Waals surface area (Å²) in [6.07, 6.45) is 2.13. The van der Waals surface area contributed by atoms with E-state index >= 15 is 0 Å². The Labute approximate surface area is 191 Å². The maximum atomic E-state index is 13.2. The number of nitrogens with one attached hydrogen (secondary N) is 2. The predicted octanol–water partition coefficient (Wildman–Crippen LogP) is 2.33. The van der Waals surface area contributed by atoms with Crippen LogP contribution in [-0.2, 0) is 9.53 Å². The fourth-order valence-corrected chi connectivity index (χ4v) is 5.45. The molecule has 2 unspecified atom stereocenters. The van der Waals surface area contributed by atoms with Gasteiger partial charge in [0.25, 0.3) is 5.91 Å². The Balaban J connectivity index is 1.14. The predicted molar refractivity (Wildman–Crippen MR) is 122 cm³/mol. The number of fused-ring (bicyclic) bond motifs is 2. The summed E-state index contributed by atoms with van der Waals surface area (Å²) >= 11 is 0. The molecule has 2 spiro atoms. The van der Waals surface area contributed by atoms with E-state index in [0.717, 1.165) is 29.6 Å². The molecule has 2 fully saturated rings. The number of hydrogen-bond acceptors (Lipinski definition) is 6. The first kappa shape index (κ1) is 20.2. The first-order valence-electron chi connectivity index (χ1n) is 11.4. The van der Waals surface area contributed by atoms with Gasteiger partial charge >= 0.3 is 0 Å². The molecular formula is C24H26N6O3. The largest absolute Gasteiger partial charge is 0.370 e. The second-order valence-electron chi connectivity index (χ2n) is 9.38. The molecule has 0 aliphatic carbocycles. The Morgan fingerprint density at radius 1 is 1.09 bits per heavy atom. The van der Waals surface area contributed by atoms with E-state index in [-0.39, 0.29) is 17.4 Å². The van der Waals surface area contributed by atoms with Crippen LogP contribution in [0.3, 0.4) is 0 Å². The Bertz CT molecular complexity index is 1250. The lowest BCUT2D eigenvalue weighted by molar-refractivity contribution is -0.139. The van der Waals surface area contributed by atoms with Gasteiger partial charge in [0, 0.05) is 25.2 Å². The van der Waals surface area contributed by atoms with Crippen LogP contribution < -0.4 is 10.6 Å². The minimum Gasteiger partial charge on any atom is -0.370 e. The lowest BCUT2D eigenvalue weighted by Crippen LogP contribution is -2.59. The number of ether oxygens (including phenoxy) is 1. The normalized spacial score (nSPS) is 24.5. The zero-order valence-corrected chi connectivity index (χ0v) is 18.5. The van der Waals surface area contributed by atoms with Crippen LogP contribution in [-0.4, -0.2) is 62.7 Å². The number of nitrogens with zero attached hydrogens (tertiary/aromatic N) is 4. The van der Waals surface area contributed by atoms with E-state index in [1.807, 2.05) is 60.4 Å². The average Bonchev–Trinajstić information content (AvgIpc) is 3.40. The van der Waals surface area contributed by atoms with E-state index in [4.69, 9.17) is 4.74 Å². The monoisotopic (exact) mass is 446 g/mol. The number of rotatable bonds is 2. The molecule has 2 aromatic carbocycles. The van der Waals surface area contributed by atoms with Gasteiger partial charge in [-0.15, -0.1) is 5.10 Å². The Kier molecular flexibility index (Phi) is 4.45. The lowest BCUT2D eigenvalue weighted by atomic mass is 9.84. The first-order chi connectivity index (χ1) is 16.0. The maximum absolute atomic E-state index is 13.2. The molecule has 0 saturated carbocycles. The van der Waals surface area contributed by atoms with E-state index in [0.29, 0.717) is 31.7 Å². The molecule has 9 heteroatoms. The molecule has 9 nitrogen and oxygen atoms in total. The highest BCUT2D eigenvalue weighted by Gasteiger charge is 2.53. The van der Waals surface area contributed by atoms with Gasteiger partial charge in [0.2, 0.25) is 5.91 Å². The van der Waals surface area contributed by atoms with E-state index in [9.17, 15) is 9.59 Å². The van der Waals surface area contributed by atoms with Gasteiger partial charge in [0.1, 0.15) is 17.2 Å². The Morgan fingerprint density at radius 3 is 2.70 bits per heavy atom. The van der Waals surface area contributed by atoms with E-state index in [1.165, 1.54) is 0 Å². The number of carbonyl (C=O) groups excluding carboxylic acids is 2. The highest BCUT2D eigenvalue weighted by molar-refractivity contribution is 6.02. The van der Waals surface area contributed by atoms with E-state index in [1.54, 1.807) is 4.68 Å². The van der Waals surface area contributed by atoms with E-state index in [2.05, 4.69) is 20.9 Å². The topological polar surface area (TPSA) is 101 Å². The molecular weight excluding hydrogens is 420 g/mol. The SMILES string of the molecule is CC(C(=O)N1CCC2(CC1)CC1(CO2)NC(=O)c2ccccc2N1)n1nnc2ccccc21. The van der Waals surface area contributed by atoms with Gasteiger partial charge in [-0.2, -0.15) is 0 Å². The van der Waals surface area contributed by atoms with Gasteiger partial charge in [-0.05, 0) is 44.0 Å². The number of aromatic nitrogens is 3. The summed E-state index contributed by atoms with van der Waals surface area (Å²) in [6.45, 7) is 3.49. The van der Waals surface area contributed by atoms with Crippen molar-refractivity contribution < 1.29 is 14.3 Å². The minimum atomic E-state index is -0.607. The number of para-hydroxylation sites is 2. The summed E-state index contributed by atoms with van der Waals surface area (Å²) in [7, 11) is 0. The first-order valence-corrected chi connectivity index (χ1v) is 11.4. The lowest BCUT2D eigenvalue weighted by Gasteiger charge is -2.41. The van der Waals surface area contributed by atoms with Crippen molar-refractivity contribution in [2.45, 2.75) is 43.5 Å². The van der Waals surface area contributed by atoms with Crippen molar-refractivity contribution in [1.82, 2.24) is 25.2 Å². The van der Waals surface area contributed by atoms with Crippen LogP contribution in [0.5, 0.6) is 0 Å². The van der Waals surface area contributed by atoms with Crippen LogP contribution in [0.15, 0.2) is 48.5 Å². The number of amides is 2. The molecule has 33 heavy (non-hydrogen) atoms. The van der Waals surface area contributed by atoms with Gasteiger partial charge in [-0.25, -0.2) is 4.68 Å². The van der Waals surface area contributed by atoms with Crippen LogP contribution in [0.1, 0.15) is 42.6 Å². The van der Waals surface area contributed by atoms with Gasteiger partial charge in [0.05, 0.1) is 23.3 Å². The summed E-state index contributed by atoms with van der Waals surface area (Å²) in [5.41, 5.74) is 2.16. The highest BCUT2D eigenvalue weighted by atomic mass is 16.5. The van der Waals surface area contributed by atoms with Crippen molar-refractivity contribution in [3.05, 3.63) is 54.1 Å². The number of likely N-dealkylation sites (tertiary alicyclic amines) is 1. The zero-order valence-electron chi connectivity index (χ0n) is 18.5. The molecule has 3 aromatic rings. The number of piperidine rings is 1. The highest BCUT2D eigenvalue weighted by Crippen LogP contribution is 2.43. The second kappa shape index (κ2) is 7.28. The van der Waals surface area contributed by atoms with Gasteiger partial charge in [-0.3, -0.25) is 9.59 Å². The number of hydrogen-bond donors (Lipinski definition) is 2. The fraction of sp³-hybridized carbons (Fsp3) is 0.417. The summed E-state index contributed by atoms with van der Waals surface area (Å²) in [6, 6.07) is 14.8. The van der Waals surface area contributed by atoms with Gasteiger partial charge < -0.3 is 20.3 Å². The Morgan fingerprint density at radius 2 is 1.85 bits per heavy atom. The van der Waals surface area contributed by atoms with Crippen LogP contribution in [0.4, 0.5) is 5.69 Å². The molecule has 1 aromatic heterocycles. The molecule has 4 heterocycles. The van der Waals surface area contributed by atoms with Crippen LogP contribution in [0.2, 0.25) is 0 Å². The van der Waals surface area contributed by atoms with Crippen LogP contribution in [0, 0.1) is 0 Å². The number of benzene rings is 2. The van der Waals surface area contributed by atoms with Crippen molar-refractivity contribution >= 4 is 28.5 Å². The molecule has 0 bridgehead atoms. The molecule has 2 atom stereocenters. The Hall–Kier alpha value is -3.46. The number of anilines is 1. The third-order valence-electron chi connectivity index (χ3n) is 7.24. The number of carbonyl (C=O) groups is 2. The summed E-state index contributed by atoms with van der Waals surface area (Å²) in [4.78, 5) is 27.8. The van der Waals surface area contributed by atoms with Crippen molar-refractivity contribution in [3.8, 4) is 0 Å². The summed E-state index contributed by atoms with van der Waals surface area (Å²) < 4.78 is 8.01. The molecule has 0 radical (unpaired) electrons. The zero-order chi connectivity index (χ0) is 22.6. The van der Waals surface area contributed by atoms with E-state index < -0.39 is 11.7 Å². The average molecular weight is 447 g/mol. The molecule has 2 amide bonds. The smallest absolute Gasteiger partial charge is 0.255 e. The van der Waals surface area contributed by atoms with Gasteiger partial charge in [-0.1, -0.05) is 29.5 Å². The third-order valence-corrected chi connectivity index (χ3v) is 7.24. The fourth-order valence-electron chi connectivity index (χ4n) is 5.45. The van der Waals surface area contributed by atoms with Crippen molar-refractivity contribution in [1.29, 1.82) is 0 Å². The summed E-state index contributed by atoms with van der Waals surface area (Å²) in [5, 5.41) is 15.0. The molecule has 6 rings (SSSR count).